The molecule has 0 spiro atoms. The van der Waals surface area contributed by atoms with Gasteiger partial charge in [0.1, 0.15) is 0 Å². The van der Waals surface area contributed by atoms with Gasteiger partial charge in [0.05, 0.1) is 9.71 Å². The topological polar surface area (TPSA) is 43.1 Å². The van der Waals surface area contributed by atoms with Crippen molar-refractivity contribution in [2.45, 2.75) is 18.7 Å². The minimum Gasteiger partial charge on any atom is -0.255 e. The van der Waals surface area contributed by atoms with Gasteiger partial charge < -0.3 is 0 Å². The van der Waals surface area contributed by atoms with Crippen LogP contribution in [-0.2, 0) is 9.71 Å². The van der Waals surface area contributed by atoms with Crippen LogP contribution in [0.3, 0.4) is 0 Å². The number of hydrogen-bond donors (Lipinski definition) is 1. The standard InChI is InChI=1S/C9H13NOS/c1-3-12(10,11)9-6-4-8(2)5-7-9/h3-7H,1-2H3,(H2,10,11). The number of rotatable bonds is 1. The Labute approximate surface area is 73.5 Å². The van der Waals surface area contributed by atoms with Gasteiger partial charge in [-0.25, -0.2) is 4.21 Å². The van der Waals surface area contributed by atoms with Crippen molar-refractivity contribution in [3.05, 3.63) is 29.8 Å². The van der Waals surface area contributed by atoms with Crippen LogP contribution in [0.25, 0.3) is 0 Å². The minimum absolute atomic E-state index is 0.690. The first-order valence-electron chi connectivity index (χ1n) is 3.74. The molecule has 1 aromatic carbocycles. The lowest BCUT2D eigenvalue weighted by molar-refractivity contribution is 0.682. The molecule has 1 unspecified atom stereocenters. The Kier molecular flexibility index (Phi) is 2.55. The van der Waals surface area contributed by atoms with Crippen molar-refractivity contribution in [2.24, 2.45) is 5.14 Å². The maximum absolute atomic E-state index is 11.6. The molecule has 0 radical (unpaired) electrons. The van der Waals surface area contributed by atoms with Gasteiger partial charge in [-0.05, 0) is 31.3 Å². The van der Waals surface area contributed by atoms with Gasteiger partial charge in [0.25, 0.3) is 0 Å². The maximum Gasteiger partial charge on any atom is 0.0535 e. The van der Waals surface area contributed by atoms with E-state index >= 15 is 0 Å². The van der Waals surface area contributed by atoms with Crippen LogP contribution < -0.4 is 5.14 Å². The summed E-state index contributed by atoms with van der Waals surface area (Å²) in [7, 11) is -2.39. The summed E-state index contributed by atoms with van der Waals surface area (Å²) in [6.45, 7) is 3.69. The fraction of sp³-hybridized carbons (Fsp3) is 0.222. The Balaban J connectivity index is 3.24. The third-order valence-electron chi connectivity index (χ3n) is 1.74. The average molecular weight is 183 g/mol. The van der Waals surface area contributed by atoms with E-state index in [1.165, 1.54) is 5.37 Å². The first-order valence-corrected chi connectivity index (χ1v) is 5.43. The molecule has 2 N–H and O–H groups in total. The van der Waals surface area contributed by atoms with E-state index < -0.39 is 9.71 Å². The predicted octanol–water partition coefficient (Wildman–Crippen LogP) is 1.33. The van der Waals surface area contributed by atoms with Crippen molar-refractivity contribution >= 4 is 15.1 Å². The monoisotopic (exact) mass is 183 g/mol. The zero-order chi connectivity index (χ0) is 9.19. The van der Waals surface area contributed by atoms with Crippen LogP contribution in [-0.4, -0.2) is 9.58 Å². The SMILES string of the molecule is CC=S(N)(=O)c1ccc(C)cc1. The van der Waals surface area contributed by atoms with Crippen LogP contribution in [0.5, 0.6) is 0 Å². The number of nitrogens with two attached hydrogens (primary N) is 1. The first kappa shape index (κ1) is 9.29. The summed E-state index contributed by atoms with van der Waals surface area (Å²) < 4.78 is 11.6. The zero-order valence-electron chi connectivity index (χ0n) is 7.28. The lowest BCUT2D eigenvalue weighted by Gasteiger charge is -2.03. The van der Waals surface area contributed by atoms with Gasteiger partial charge in [-0.1, -0.05) is 17.7 Å². The third-order valence-corrected chi connectivity index (χ3v) is 3.45. The van der Waals surface area contributed by atoms with Gasteiger partial charge in [0.15, 0.2) is 0 Å². The molecule has 0 saturated heterocycles. The van der Waals surface area contributed by atoms with E-state index in [4.69, 9.17) is 5.14 Å². The molecule has 3 heteroatoms. The summed E-state index contributed by atoms with van der Waals surface area (Å²) in [6, 6.07) is 7.42. The van der Waals surface area contributed by atoms with Crippen molar-refractivity contribution in [1.82, 2.24) is 0 Å². The molecule has 0 saturated carbocycles. The molecule has 0 aliphatic heterocycles. The largest absolute Gasteiger partial charge is 0.255 e. The summed E-state index contributed by atoms with van der Waals surface area (Å²) in [4.78, 5) is 0.690. The van der Waals surface area contributed by atoms with Crippen molar-refractivity contribution in [1.29, 1.82) is 0 Å². The van der Waals surface area contributed by atoms with E-state index in [1.807, 2.05) is 19.1 Å². The Bertz CT molecular complexity index is 372. The molecular formula is C9H13NOS. The van der Waals surface area contributed by atoms with Crippen LogP contribution in [0.2, 0.25) is 0 Å². The molecule has 0 aliphatic carbocycles. The fourth-order valence-corrected chi connectivity index (χ4v) is 1.72. The summed E-state index contributed by atoms with van der Waals surface area (Å²) in [5, 5.41) is 7.10. The van der Waals surface area contributed by atoms with Gasteiger partial charge in [0.2, 0.25) is 0 Å². The highest BCUT2D eigenvalue weighted by molar-refractivity contribution is 7.99. The summed E-state index contributed by atoms with van der Waals surface area (Å²) in [5.41, 5.74) is 1.14. The number of hydrogen-bond acceptors (Lipinski definition) is 1. The zero-order valence-corrected chi connectivity index (χ0v) is 8.10. The van der Waals surface area contributed by atoms with Gasteiger partial charge in [0, 0.05) is 4.90 Å². The Morgan fingerprint density at radius 2 is 1.83 bits per heavy atom. The fourth-order valence-electron chi connectivity index (χ4n) is 0.887. The van der Waals surface area contributed by atoms with Crippen molar-refractivity contribution in [3.63, 3.8) is 0 Å². The molecule has 12 heavy (non-hydrogen) atoms. The molecule has 0 fully saturated rings. The lowest BCUT2D eigenvalue weighted by atomic mass is 10.2. The average Bonchev–Trinajstić information content (AvgIpc) is 2.05. The van der Waals surface area contributed by atoms with Crippen LogP contribution in [0.15, 0.2) is 29.2 Å². The highest BCUT2D eigenvalue weighted by atomic mass is 32.2. The minimum atomic E-state index is -2.39. The smallest absolute Gasteiger partial charge is 0.0535 e. The summed E-state index contributed by atoms with van der Waals surface area (Å²) >= 11 is 0. The normalized spacial score (nSPS) is 15.2. The first-order chi connectivity index (χ1) is 5.56. The molecule has 66 valence electrons. The molecule has 0 amide bonds. The molecule has 0 aliphatic rings. The van der Waals surface area contributed by atoms with Crippen molar-refractivity contribution in [3.8, 4) is 0 Å². The Hall–Kier alpha value is -0.800. The second kappa shape index (κ2) is 3.29. The summed E-state index contributed by atoms with van der Waals surface area (Å²) in [5.74, 6) is 0. The molecule has 1 atom stereocenters. The predicted molar refractivity (Wildman–Crippen MR) is 53.5 cm³/mol. The molecule has 0 bridgehead atoms. The highest BCUT2D eigenvalue weighted by Gasteiger charge is 2.00. The number of aryl methyl sites for hydroxylation is 1. The van der Waals surface area contributed by atoms with Crippen LogP contribution in [0.1, 0.15) is 12.5 Å². The van der Waals surface area contributed by atoms with Crippen molar-refractivity contribution < 1.29 is 4.21 Å². The van der Waals surface area contributed by atoms with E-state index in [0.29, 0.717) is 4.90 Å². The van der Waals surface area contributed by atoms with Gasteiger partial charge >= 0.3 is 0 Å². The molecule has 2 nitrogen and oxygen atoms in total. The summed E-state index contributed by atoms with van der Waals surface area (Å²) in [6.07, 6.45) is 0. The van der Waals surface area contributed by atoms with Gasteiger partial charge in [-0.2, -0.15) is 0 Å². The van der Waals surface area contributed by atoms with E-state index in [-0.39, 0.29) is 0 Å². The van der Waals surface area contributed by atoms with Gasteiger partial charge in [-0.15, -0.1) is 0 Å². The van der Waals surface area contributed by atoms with Gasteiger partial charge in [-0.3, -0.25) is 5.14 Å². The highest BCUT2D eigenvalue weighted by Crippen LogP contribution is 2.07. The van der Waals surface area contributed by atoms with E-state index in [0.717, 1.165) is 5.56 Å². The second-order valence-electron chi connectivity index (χ2n) is 2.70. The third kappa shape index (κ3) is 1.87. The molecule has 1 aromatic rings. The molecule has 0 aromatic heterocycles. The molecule has 0 heterocycles. The van der Waals surface area contributed by atoms with E-state index in [9.17, 15) is 4.21 Å². The maximum atomic E-state index is 11.6. The quantitative estimate of drug-likeness (QED) is 0.656. The van der Waals surface area contributed by atoms with E-state index in [1.54, 1.807) is 19.1 Å². The van der Waals surface area contributed by atoms with E-state index in [2.05, 4.69) is 0 Å². The lowest BCUT2D eigenvalue weighted by Crippen LogP contribution is -2.14. The molecular weight excluding hydrogens is 170 g/mol. The van der Waals surface area contributed by atoms with Crippen molar-refractivity contribution in [2.75, 3.05) is 0 Å². The van der Waals surface area contributed by atoms with Crippen LogP contribution in [0, 0.1) is 6.92 Å². The number of benzene rings is 1. The molecule has 1 rings (SSSR count). The van der Waals surface area contributed by atoms with Crippen LogP contribution >= 0.6 is 0 Å². The Morgan fingerprint density at radius 3 is 2.25 bits per heavy atom. The Morgan fingerprint density at radius 1 is 1.33 bits per heavy atom. The van der Waals surface area contributed by atoms with Crippen LogP contribution in [0.4, 0.5) is 0 Å². The second-order valence-corrected chi connectivity index (χ2v) is 4.93.